The van der Waals surface area contributed by atoms with Gasteiger partial charge in [0.05, 0.1) is 11.5 Å². The summed E-state index contributed by atoms with van der Waals surface area (Å²) in [6.07, 6.45) is 0.654. The summed E-state index contributed by atoms with van der Waals surface area (Å²) in [4.78, 5) is 13.4. The highest BCUT2D eigenvalue weighted by Gasteiger charge is 2.24. The Kier molecular flexibility index (Phi) is 4.67. The van der Waals surface area contributed by atoms with E-state index in [1.165, 1.54) is 13.0 Å². The molecule has 132 valence electrons. The van der Waals surface area contributed by atoms with Gasteiger partial charge in [-0.3, -0.25) is 9.52 Å². The van der Waals surface area contributed by atoms with Crippen LogP contribution in [-0.2, 0) is 21.2 Å². The molecular weight excluding hydrogens is 340 g/mol. The molecule has 0 radical (unpaired) electrons. The van der Waals surface area contributed by atoms with Crippen molar-refractivity contribution in [2.24, 2.45) is 0 Å². The minimum absolute atomic E-state index is 0.0399. The third-order valence-corrected chi connectivity index (χ3v) is 5.43. The van der Waals surface area contributed by atoms with E-state index in [4.69, 9.17) is 4.74 Å². The third kappa shape index (κ3) is 3.61. The number of hydrogen-bond donors (Lipinski definition) is 1. The van der Waals surface area contributed by atoms with E-state index in [2.05, 4.69) is 4.72 Å². The number of nitrogens with zero attached hydrogens (tertiary/aromatic N) is 1. The number of amides is 1. The highest BCUT2D eigenvalue weighted by molar-refractivity contribution is 7.92. The first-order valence-electron chi connectivity index (χ1n) is 8.07. The zero-order chi connectivity index (χ0) is 18.0. The fourth-order valence-electron chi connectivity index (χ4n) is 2.87. The van der Waals surface area contributed by atoms with Crippen LogP contribution in [0.25, 0.3) is 0 Å². The van der Waals surface area contributed by atoms with Crippen molar-refractivity contribution in [2.45, 2.75) is 25.2 Å². The largest absolute Gasteiger partial charge is 0.494 e. The van der Waals surface area contributed by atoms with Crippen LogP contribution in [0.15, 0.2) is 47.4 Å². The summed E-state index contributed by atoms with van der Waals surface area (Å²) in [6.45, 7) is 4.53. The van der Waals surface area contributed by atoms with Crippen LogP contribution in [-0.4, -0.2) is 27.5 Å². The second-order valence-electron chi connectivity index (χ2n) is 5.77. The quantitative estimate of drug-likeness (QED) is 0.890. The molecule has 3 rings (SSSR count). The number of benzene rings is 2. The van der Waals surface area contributed by atoms with Gasteiger partial charge in [0.1, 0.15) is 5.75 Å². The lowest BCUT2D eigenvalue weighted by atomic mass is 10.2. The first kappa shape index (κ1) is 17.3. The van der Waals surface area contributed by atoms with Crippen molar-refractivity contribution in [1.82, 2.24) is 0 Å². The van der Waals surface area contributed by atoms with Gasteiger partial charge in [0, 0.05) is 24.8 Å². The van der Waals surface area contributed by atoms with E-state index in [9.17, 15) is 13.2 Å². The number of carbonyl (C=O) groups is 1. The summed E-state index contributed by atoms with van der Waals surface area (Å²) >= 11 is 0. The van der Waals surface area contributed by atoms with Gasteiger partial charge in [0.25, 0.3) is 10.0 Å². The van der Waals surface area contributed by atoms with Crippen molar-refractivity contribution >= 4 is 27.3 Å². The Balaban J connectivity index is 1.82. The molecule has 6 nitrogen and oxygen atoms in total. The summed E-state index contributed by atoms with van der Waals surface area (Å²) in [6, 6.07) is 11.6. The lowest BCUT2D eigenvalue weighted by Gasteiger charge is -2.15. The zero-order valence-electron chi connectivity index (χ0n) is 14.2. The van der Waals surface area contributed by atoms with Crippen LogP contribution in [0.4, 0.5) is 11.4 Å². The molecule has 25 heavy (non-hydrogen) atoms. The second kappa shape index (κ2) is 6.76. The molecule has 0 aromatic heterocycles. The van der Waals surface area contributed by atoms with E-state index in [0.29, 0.717) is 31.0 Å². The van der Waals surface area contributed by atoms with E-state index in [1.807, 2.05) is 6.92 Å². The Morgan fingerprint density at radius 2 is 1.92 bits per heavy atom. The molecule has 1 aliphatic rings. The Morgan fingerprint density at radius 1 is 1.20 bits per heavy atom. The summed E-state index contributed by atoms with van der Waals surface area (Å²) in [5.74, 6) is 0.647. The number of nitrogens with one attached hydrogen (secondary N) is 1. The van der Waals surface area contributed by atoms with Crippen molar-refractivity contribution in [1.29, 1.82) is 0 Å². The number of rotatable bonds is 5. The molecule has 1 N–H and O–H groups in total. The molecule has 0 atom stereocenters. The van der Waals surface area contributed by atoms with Gasteiger partial charge in [-0.05, 0) is 61.4 Å². The molecule has 1 heterocycles. The van der Waals surface area contributed by atoms with Crippen molar-refractivity contribution in [3.8, 4) is 5.75 Å². The summed E-state index contributed by atoms with van der Waals surface area (Å²) in [5, 5.41) is 0. The van der Waals surface area contributed by atoms with Gasteiger partial charge in [0.2, 0.25) is 5.91 Å². The van der Waals surface area contributed by atoms with E-state index in [0.717, 1.165) is 11.3 Å². The maximum absolute atomic E-state index is 12.6. The van der Waals surface area contributed by atoms with Crippen molar-refractivity contribution in [3.63, 3.8) is 0 Å². The van der Waals surface area contributed by atoms with Gasteiger partial charge in [-0.1, -0.05) is 0 Å². The molecule has 2 aromatic carbocycles. The number of ether oxygens (including phenoxy) is 1. The van der Waals surface area contributed by atoms with Crippen molar-refractivity contribution < 1.29 is 17.9 Å². The second-order valence-corrected chi connectivity index (χ2v) is 7.46. The Labute approximate surface area is 147 Å². The Bertz CT molecular complexity index is 892. The Hall–Kier alpha value is -2.54. The maximum atomic E-state index is 12.6. The molecule has 7 heteroatoms. The monoisotopic (exact) mass is 360 g/mol. The highest BCUT2D eigenvalue weighted by Crippen LogP contribution is 2.31. The fraction of sp³-hybridized carbons (Fsp3) is 0.278. The van der Waals surface area contributed by atoms with Crippen LogP contribution in [0.5, 0.6) is 5.75 Å². The van der Waals surface area contributed by atoms with Crippen LogP contribution >= 0.6 is 0 Å². The lowest BCUT2D eigenvalue weighted by Crippen LogP contribution is -2.25. The molecule has 0 saturated carbocycles. The third-order valence-electron chi connectivity index (χ3n) is 4.05. The van der Waals surface area contributed by atoms with Gasteiger partial charge in [0.15, 0.2) is 0 Å². The molecular formula is C18H20N2O4S. The van der Waals surface area contributed by atoms with Gasteiger partial charge in [-0.2, -0.15) is 0 Å². The number of anilines is 2. The molecule has 0 fully saturated rings. The van der Waals surface area contributed by atoms with E-state index in [-0.39, 0.29) is 10.8 Å². The molecule has 0 unspecified atom stereocenters. The van der Waals surface area contributed by atoms with Gasteiger partial charge < -0.3 is 9.64 Å². The average molecular weight is 360 g/mol. The predicted octanol–water partition coefficient (Wildman–Crippen LogP) is 2.80. The molecule has 2 aromatic rings. The highest BCUT2D eigenvalue weighted by atomic mass is 32.2. The molecule has 1 amide bonds. The first-order chi connectivity index (χ1) is 11.9. The van der Waals surface area contributed by atoms with E-state index in [1.54, 1.807) is 41.3 Å². The van der Waals surface area contributed by atoms with E-state index >= 15 is 0 Å². The SMILES string of the molecule is CCOc1ccc(NS(=O)(=O)c2ccc3c(c2)CCN3C(C)=O)cc1. The number of hydrogen-bond acceptors (Lipinski definition) is 4. The normalized spacial score (nSPS) is 13.4. The minimum Gasteiger partial charge on any atom is -0.494 e. The number of carbonyl (C=O) groups excluding carboxylic acids is 1. The van der Waals surface area contributed by atoms with Crippen LogP contribution in [0, 0.1) is 0 Å². The minimum atomic E-state index is -3.69. The smallest absolute Gasteiger partial charge is 0.261 e. The fourth-order valence-corrected chi connectivity index (χ4v) is 3.98. The van der Waals surface area contributed by atoms with Gasteiger partial charge in [-0.15, -0.1) is 0 Å². The average Bonchev–Trinajstić information content (AvgIpc) is 3.00. The zero-order valence-corrected chi connectivity index (χ0v) is 15.0. The van der Waals surface area contributed by atoms with Crippen molar-refractivity contribution in [3.05, 3.63) is 48.0 Å². The maximum Gasteiger partial charge on any atom is 0.261 e. The number of fused-ring (bicyclic) bond motifs is 1. The van der Waals surface area contributed by atoms with Crippen LogP contribution in [0.3, 0.4) is 0 Å². The Morgan fingerprint density at radius 3 is 2.56 bits per heavy atom. The summed E-state index contributed by atoms with van der Waals surface area (Å²) in [7, 11) is -3.69. The standard InChI is InChI=1S/C18H20N2O4S/c1-3-24-16-6-4-15(5-7-16)19-25(22,23)17-8-9-18-14(12-17)10-11-20(18)13(2)21/h4-9,12,19H,3,10-11H2,1-2H3. The van der Waals surface area contributed by atoms with Gasteiger partial charge >= 0.3 is 0 Å². The molecule has 0 aliphatic carbocycles. The van der Waals surface area contributed by atoms with Crippen LogP contribution in [0.1, 0.15) is 19.4 Å². The first-order valence-corrected chi connectivity index (χ1v) is 9.56. The predicted molar refractivity (Wildman–Crippen MR) is 96.6 cm³/mol. The number of sulfonamides is 1. The lowest BCUT2D eigenvalue weighted by molar-refractivity contribution is -0.116. The van der Waals surface area contributed by atoms with Gasteiger partial charge in [-0.25, -0.2) is 8.42 Å². The van der Waals surface area contributed by atoms with Crippen molar-refractivity contribution in [2.75, 3.05) is 22.8 Å². The van der Waals surface area contributed by atoms with Crippen LogP contribution < -0.4 is 14.4 Å². The molecule has 0 saturated heterocycles. The van der Waals surface area contributed by atoms with Crippen LogP contribution in [0.2, 0.25) is 0 Å². The topological polar surface area (TPSA) is 75.7 Å². The molecule has 0 spiro atoms. The summed E-state index contributed by atoms with van der Waals surface area (Å²) < 4.78 is 33.1. The molecule has 1 aliphatic heterocycles. The van der Waals surface area contributed by atoms with E-state index < -0.39 is 10.0 Å². The molecule has 0 bridgehead atoms. The summed E-state index contributed by atoms with van der Waals surface area (Å²) in [5.41, 5.74) is 2.12.